The highest BCUT2D eigenvalue weighted by Gasteiger charge is 2.27. The Kier molecular flexibility index (Phi) is 8.85. The molecule has 1 aliphatic carbocycles. The van der Waals surface area contributed by atoms with Gasteiger partial charge in [0.25, 0.3) is 11.8 Å². The highest BCUT2D eigenvalue weighted by Crippen LogP contribution is 2.38. The molecule has 0 fully saturated rings. The number of rotatable bonds is 9. The molecule has 0 saturated carbocycles. The molecule has 198 valence electrons. The highest BCUT2D eigenvalue weighted by molar-refractivity contribution is 7.17. The van der Waals surface area contributed by atoms with Crippen LogP contribution in [0.1, 0.15) is 63.4 Å². The minimum absolute atomic E-state index is 0.259. The normalized spacial score (nSPS) is 13.4. The SMILES string of the molecule is CCOC(=O)c1c(NC(=O)c2ccc(OC(C)C(=O)NN=Cc3ccc(F)cc3)cc2)sc2c1CCCC2. The number of fused-ring (bicyclic) bond motifs is 1. The van der Waals surface area contributed by atoms with Crippen LogP contribution < -0.4 is 15.5 Å². The molecule has 1 aromatic heterocycles. The molecule has 0 radical (unpaired) electrons. The number of thiophene rings is 1. The van der Waals surface area contributed by atoms with Gasteiger partial charge in [0, 0.05) is 10.4 Å². The third-order valence-electron chi connectivity index (χ3n) is 5.93. The van der Waals surface area contributed by atoms with E-state index in [-0.39, 0.29) is 18.3 Å². The minimum Gasteiger partial charge on any atom is -0.481 e. The monoisotopic (exact) mass is 537 g/mol. The smallest absolute Gasteiger partial charge is 0.341 e. The molecular weight excluding hydrogens is 509 g/mol. The molecule has 10 heteroatoms. The second-order valence-electron chi connectivity index (χ2n) is 8.66. The van der Waals surface area contributed by atoms with E-state index in [1.165, 1.54) is 41.8 Å². The Balaban J connectivity index is 1.36. The number of hydrogen-bond donors (Lipinski definition) is 2. The Hall–Kier alpha value is -4.05. The van der Waals surface area contributed by atoms with Crippen molar-refractivity contribution in [3.63, 3.8) is 0 Å². The van der Waals surface area contributed by atoms with Crippen molar-refractivity contribution in [2.75, 3.05) is 11.9 Å². The van der Waals surface area contributed by atoms with Crippen molar-refractivity contribution in [2.24, 2.45) is 5.10 Å². The lowest BCUT2D eigenvalue weighted by Gasteiger charge is -2.13. The van der Waals surface area contributed by atoms with Crippen LogP contribution in [0, 0.1) is 5.82 Å². The summed E-state index contributed by atoms with van der Waals surface area (Å²) in [6.07, 6.45) is 4.28. The summed E-state index contributed by atoms with van der Waals surface area (Å²) in [5.74, 6) is -1.21. The first kappa shape index (κ1) is 27.0. The van der Waals surface area contributed by atoms with Gasteiger partial charge in [0.1, 0.15) is 16.6 Å². The van der Waals surface area contributed by atoms with Crippen LogP contribution >= 0.6 is 11.3 Å². The van der Waals surface area contributed by atoms with E-state index in [0.29, 0.717) is 27.4 Å². The average molecular weight is 538 g/mol. The van der Waals surface area contributed by atoms with Crippen LogP contribution in [0.4, 0.5) is 9.39 Å². The summed E-state index contributed by atoms with van der Waals surface area (Å²) < 4.78 is 23.9. The van der Waals surface area contributed by atoms with Crippen LogP contribution in [0.2, 0.25) is 0 Å². The van der Waals surface area contributed by atoms with Gasteiger partial charge >= 0.3 is 5.97 Å². The fourth-order valence-electron chi connectivity index (χ4n) is 4.00. The van der Waals surface area contributed by atoms with Gasteiger partial charge in [-0.25, -0.2) is 14.6 Å². The molecule has 4 rings (SSSR count). The average Bonchev–Trinajstić information content (AvgIpc) is 3.28. The third-order valence-corrected chi connectivity index (χ3v) is 7.14. The second-order valence-corrected chi connectivity index (χ2v) is 9.77. The standard InChI is InChI=1S/C28H28FN3O5S/c1-3-36-28(35)24-22-6-4-5-7-23(22)38-27(24)31-26(34)19-10-14-21(15-11-19)37-17(2)25(33)32-30-16-18-8-12-20(29)13-9-18/h8-17H,3-7H2,1-2H3,(H,31,34)(H,32,33). The topological polar surface area (TPSA) is 106 Å². The van der Waals surface area contributed by atoms with Crippen LogP contribution in [-0.2, 0) is 22.4 Å². The van der Waals surface area contributed by atoms with Crippen LogP contribution in [0.15, 0.2) is 53.6 Å². The molecule has 8 nitrogen and oxygen atoms in total. The molecule has 1 unspecified atom stereocenters. The summed E-state index contributed by atoms with van der Waals surface area (Å²) in [6.45, 7) is 3.58. The number of carbonyl (C=O) groups is 3. The lowest BCUT2D eigenvalue weighted by Crippen LogP contribution is -2.33. The van der Waals surface area contributed by atoms with Crippen molar-refractivity contribution in [3.8, 4) is 5.75 Å². The first-order chi connectivity index (χ1) is 18.4. The molecule has 1 aliphatic rings. The van der Waals surface area contributed by atoms with Crippen molar-refractivity contribution >= 4 is 40.3 Å². The van der Waals surface area contributed by atoms with Gasteiger partial charge in [0.15, 0.2) is 6.10 Å². The Bertz CT molecular complexity index is 1340. The molecule has 0 saturated heterocycles. The van der Waals surface area contributed by atoms with Gasteiger partial charge in [-0.1, -0.05) is 12.1 Å². The van der Waals surface area contributed by atoms with E-state index in [9.17, 15) is 18.8 Å². The summed E-state index contributed by atoms with van der Waals surface area (Å²) in [4.78, 5) is 39.0. The predicted molar refractivity (Wildman–Crippen MR) is 144 cm³/mol. The quantitative estimate of drug-likeness (QED) is 0.224. The molecule has 2 aromatic carbocycles. The molecule has 1 atom stereocenters. The maximum absolute atomic E-state index is 13.0. The number of amides is 2. The minimum atomic E-state index is -0.857. The molecule has 2 amide bonds. The van der Waals surface area contributed by atoms with Crippen molar-refractivity contribution < 1.29 is 28.2 Å². The molecule has 1 heterocycles. The van der Waals surface area contributed by atoms with Crippen molar-refractivity contribution in [1.29, 1.82) is 0 Å². The first-order valence-electron chi connectivity index (χ1n) is 12.3. The number of esters is 1. The molecular formula is C28H28FN3O5S. The fourth-order valence-corrected chi connectivity index (χ4v) is 5.27. The van der Waals surface area contributed by atoms with Gasteiger partial charge in [-0.2, -0.15) is 5.10 Å². The van der Waals surface area contributed by atoms with Crippen LogP contribution in [0.5, 0.6) is 5.75 Å². The van der Waals surface area contributed by atoms with Gasteiger partial charge in [-0.05, 0) is 87.1 Å². The lowest BCUT2D eigenvalue weighted by molar-refractivity contribution is -0.127. The van der Waals surface area contributed by atoms with Crippen LogP contribution in [0.25, 0.3) is 0 Å². The molecule has 38 heavy (non-hydrogen) atoms. The van der Waals surface area contributed by atoms with Gasteiger partial charge in [-0.3, -0.25) is 9.59 Å². The molecule has 3 aromatic rings. The number of aryl methyl sites for hydroxylation is 1. The third kappa shape index (κ3) is 6.63. The number of hydrazone groups is 1. The van der Waals surface area contributed by atoms with Gasteiger partial charge in [0.05, 0.1) is 18.4 Å². The van der Waals surface area contributed by atoms with E-state index in [4.69, 9.17) is 9.47 Å². The summed E-state index contributed by atoms with van der Waals surface area (Å²) in [5.41, 5.74) is 4.82. The van der Waals surface area contributed by atoms with E-state index in [1.54, 1.807) is 38.1 Å². The first-order valence-corrected chi connectivity index (χ1v) is 13.2. The molecule has 0 bridgehead atoms. The highest BCUT2D eigenvalue weighted by atomic mass is 32.1. The van der Waals surface area contributed by atoms with E-state index in [1.807, 2.05) is 0 Å². The number of nitrogens with one attached hydrogen (secondary N) is 2. The van der Waals surface area contributed by atoms with Gasteiger partial charge in [-0.15, -0.1) is 11.3 Å². The molecule has 2 N–H and O–H groups in total. The number of carbonyl (C=O) groups excluding carboxylic acids is 3. The van der Waals surface area contributed by atoms with E-state index in [0.717, 1.165) is 36.1 Å². The molecule has 0 spiro atoms. The van der Waals surface area contributed by atoms with Crippen molar-refractivity contribution in [2.45, 2.75) is 45.6 Å². The Morgan fingerprint density at radius 1 is 1.08 bits per heavy atom. The van der Waals surface area contributed by atoms with Crippen molar-refractivity contribution in [3.05, 3.63) is 81.5 Å². The summed E-state index contributed by atoms with van der Waals surface area (Å²) in [6, 6.07) is 12.0. The van der Waals surface area contributed by atoms with Crippen LogP contribution in [0.3, 0.4) is 0 Å². The van der Waals surface area contributed by atoms with Gasteiger partial charge in [0.2, 0.25) is 0 Å². The number of ether oxygens (including phenoxy) is 2. The maximum atomic E-state index is 13.0. The Morgan fingerprint density at radius 2 is 1.79 bits per heavy atom. The number of benzene rings is 2. The largest absolute Gasteiger partial charge is 0.481 e. The second kappa shape index (κ2) is 12.5. The number of anilines is 1. The fraction of sp³-hybridized carbons (Fsp3) is 0.286. The number of hydrogen-bond acceptors (Lipinski definition) is 7. The predicted octanol–water partition coefficient (Wildman–Crippen LogP) is 5.11. The van der Waals surface area contributed by atoms with Crippen molar-refractivity contribution in [1.82, 2.24) is 5.43 Å². The zero-order valence-corrected chi connectivity index (χ0v) is 21.9. The number of nitrogens with zero attached hydrogens (tertiary/aromatic N) is 1. The number of halogens is 1. The van der Waals surface area contributed by atoms with E-state index >= 15 is 0 Å². The molecule has 0 aliphatic heterocycles. The zero-order valence-electron chi connectivity index (χ0n) is 21.1. The van der Waals surface area contributed by atoms with Gasteiger partial charge < -0.3 is 14.8 Å². The Morgan fingerprint density at radius 3 is 2.50 bits per heavy atom. The Labute approximate surface area is 223 Å². The van der Waals surface area contributed by atoms with Crippen LogP contribution in [-0.4, -0.2) is 36.7 Å². The van der Waals surface area contributed by atoms with E-state index < -0.39 is 18.0 Å². The summed E-state index contributed by atoms with van der Waals surface area (Å²) in [5, 5.41) is 7.24. The maximum Gasteiger partial charge on any atom is 0.341 e. The van der Waals surface area contributed by atoms with E-state index in [2.05, 4.69) is 15.8 Å². The zero-order chi connectivity index (χ0) is 27.1. The lowest BCUT2D eigenvalue weighted by atomic mass is 9.95. The summed E-state index contributed by atoms with van der Waals surface area (Å²) >= 11 is 1.43. The summed E-state index contributed by atoms with van der Waals surface area (Å²) in [7, 11) is 0.